The molecule has 0 radical (unpaired) electrons. The summed E-state index contributed by atoms with van der Waals surface area (Å²) in [5.74, 6) is -0.779. The number of allylic oxidation sites excluding steroid dienone is 1. The number of aliphatic imine (C=N–C) groups is 1. The van der Waals surface area contributed by atoms with Gasteiger partial charge in [0.2, 0.25) is 5.91 Å². The zero-order chi connectivity index (χ0) is 28.4. The number of thioether (sulfide) groups is 1. The van der Waals surface area contributed by atoms with E-state index in [0.29, 0.717) is 21.5 Å². The van der Waals surface area contributed by atoms with Gasteiger partial charge in [0.25, 0.3) is 5.91 Å². The third kappa shape index (κ3) is 5.98. The van der Waals surface area contributed by atoms with Gasteiger partial charge in [0, 0.05) is 23.0 Å². The SMILES string of the molecule is CC1=C(C(=O)Nc2ccc(C)cc2C)C(c2ccc(Cl)cc2)N2C(CC(=O)NCc3ccc(F)cc3)=CSC2=N1. The molecule has 2 heterocycles. The van der Waals surface area contributed by atoms with Gasteiger partial charge in [0.1, 0.15) is 5.82 Å². The Morgan fingerprint density at radius 2 is 1.75 bits per heavy atom. The Morgan fingerprint density at radius 1 is 1.02 bits per heavy atom. The Balaban J connectivity index is 1.42. The first-order valence-corrected chi connectivity index (χ1v) is 14.0. The van der Waals surface area contributed by atoms with Crippen LogP contribution in [-0.4, -0.2) is 21.9 Å². The van der Waals surface area contributed by atoms with Crippen molar-refractivity contribution in [3.05, 3.63) is 122 Å². The van der Waals surface area contributed by atoms with E-state index in [1.54, 1.807) is 24.3 Å². The average Bonchev–Trinajstić information content (AvgIpc) is 3.31. The fraction of sp³-hybridized carbons (Fsp3) is 0.194. The number of anilines is 1. The summed E-state index contributed by atoms with van der Waals surface area (Å²) < 4.78 is 13.2. The molecule has 40 heavy (non-hydrogen) atoms. The maximum Gasteiger partial charge on any atom is 0.255 e. The quantitative estimate of drug-likeness (QED) is 0.318. The van der Waals surface area contributed by atoms with Crippen LogP contribution in [-0.2, 0) is 16.1 Å². The van der Waals surface area contributed by atoms with Crippen LogP contribution in [0.25, 0.3) is 0 Å². The summed E-state index contributed by atoms with van der Waals surface area (Å²) in [6, 6.07) is 18.7. The standard InChI is InChI=1S/C31H28ClFN4O2S/c1-18-4-13-26(19(2)14-18)36-30(39)28-20(3)35-31-37(29(28)22-7-9-23(32)10-8-22)25(17-40-31)15-27(38)34-16-21-5-11-24(33)12-6-21/h4-14,17,29H,15-16H2,1-3H3,(H,34,38)(H,36,39). The maximum atomic E-state index is 13.8. The van der Waals surface area contributed by atoms with Gasteiger partial charge in [-0.15, -0.1) is 0 Å². The number of halogens is 2. The first-order chi connectivity index (χ1) is 19.2. The topological polar surface area (TPSA) is 73.8 Å². The molecule has 0 aromatic heterocycles. The molecule has 2 aliphatic heterocycles. The van der Waals surface area contributed by atoms with Gasteiger partial charge in [-0.05, 0) is 73.2 Å². The number of nitrogens with zero attached hydrogens (tertiary/aromatic N) is 2. The number of hydrogen-bond acceptors (Lipinski definition) is 5. The predicted molar refractivity (Wildman–Crippen MR) is 159 cm³/mol. The summed E-state index contributed by atoms with van der Waals surface area (Å²) in [4.78, 5) is 33.5. The molecule has 0 spiro atoms. The summed E-state index contributed by atoms with van der Waals surface area (Å²) in [5.41, 5.74) is 6.28. The normalized spacial score (nSPS) is 16.3. The summed E-state index contributed by atoms with van der Waals surface area (Å²) in [6.07, 6.45) is 0.0856. The van der Waals surface area contributed by atoms with Crippen LogP contribution < -0.4 is 10.6 Å². The van der Waals surface area contributed by atoms with Crippen LogP contribution >= 0.6 is 23.4 Å². The number of amidine groups is 1. The molecule has 6 nitrogen and oxygen atoms in total. The van der Waals surface area contributed by atoms with Gasteiger partial charge in [0.15, 0.2) is 5.17 Å². The summed E-state index contributed by atoms with van der Waals surface area (Å²) in [6.45, 7) is 6.08. The number of carbonyl (C=O) groups excluding carboxylic acids is 2. The third-order valence-electron chi connectivity index (χ3n) is 6.81. The Kier molecular flexibility index (Phi) is 8.09. The number of hydrogen-bond donors (Lipinski definition) is 2. The molecular formula is C31H28ClFN4O2S. The van der Waals surface area contributed by atoms with E-state index < -0.39 is 6.04 Å². The van der Waals surface area contributed by atoms with E-state index in [-0.39, 0.29) is 30.6 Å². The molecule has 9 heteroatoms. The third-order valence-corrected chi connectivity index (χ3v) is 7.95. The number of carbonyl (C=O) groups is 2. The van der Waals surface area contributed by atoms with E-state index in [2.05, 4.69) is 10.6 Å². The molecule has 204 valence electrons. The lowest BCUT2D eigenvalue weighted by molar-refractivity contribution is -0.120. The number of fused-ring (bicyclic) bond motifs is 1. The van der Waals surface area contributed by atoms with Crippen molar-refractivity contribution in [2.75, 3.05) is 5.32 Å². The smallest absolute Gasteiger partial charge is 0.255 e. The van der Waals surface area contributed by atoms with E-state index in [1.807, 2.05) is 61.4 Å². The van der Waals surface area contributed by atoms with Gasteiger partial charge >= 0.3 is 0 Å². The van der Waals surface area contributed by atoms with Gasteiger partial charge in [-0.1, -0.05) is 65.3 Å². The molecule has 0 saturated carbocycles. The van der Waals surface area contributed by atoms with Gasteiger partial charge in [-0.2, -0.15) is 0 Å². The van der Waals surface area contributed by atoms with Crippen LogP contribution in [0.2, 0.25) is 5.02 Å². The molecule has 5 rings (SSSR count). The minimum absolute atomic E-state index is 0.0856. The molecule has 0 bridgehead atoms. The fourth-order valence-electron chi connectivity index (χ4n) is 4.79. The second kappa shape index (κ2) is 11.7. The highest BCUT2D eigenvalue weighted by Gasteiger charge is 2.40. The van der Waals surface area contributed by atoms with Crippen LogP contribution in [0, 0.1) is 19.7 Å². The van der Waals surface area contributed by atoms with Crippen LogP contribution in [0.1, 0.15) is 41.6 Å². The molecule has 0 fully saturated rings. The molecule has 2 N–H and O–H groups in total. The van der Waals surface area contributed by atoms with Crippen molar-refractivity contribution >= 4 is 46.0 Å². The largest absolute Gasteiger partial charge is 0.352 e. The lowest BCUT2D eigenvalue weighted by Crippen LogP contribution is -2.38. The van der Waals surface area contributed by atoms with Gasteiger partial charge in [0.05, 0.1) is 23.7 Å². The molecule has 3 aromatic carbocycles. The van der Waals surface area contributed by atoms with Crippen molar-refractivity contribution in [2.24, 2.45) is 4.99 Å². The molecule has 0 saturated heterocycles. The summed E-state index contributed by atoms with van der Waals surface area (Å²) in [5, 5.41) is 9.16. The molecule has 2 aliphatic rings. The molecule has 2 amide bonds. The number of aryl methyl sites for hydroxylation is 2. The van der Waals surface area contributed by atoms with Crippen molar-refractivity contribution in [2.45, 2.75) is 39.8 Å². The average molecular weight is 575 g/mol. The molecule has 1 atom stereocenters. The second-order valence-corrected chi connectivity index (χ2v) is 11.1. The van der Waals surface area contributed by atoms with E-state index in [0.717, 1.165) is 33.6 Å². The van der Waals surface area contributed by atoms with E-state index in [4.69, 9.17) is 16.6 Å². The first-order valence-electron chi connectivity index (χ1n) is 12.8. The highest BCUT2D eigenvalue weighted by molar-refractivity contribution is 8.16. The van der Waals surface area contributed by atoms with Crippen LogP contribution in [0.15, 0.2) is 94.1 Å². The van der Waals surface area contributed by atoms with Crippen molar-refractivity contribution in [1.29, 1.82) is 0 Å². The molecule has 3 aromatic rings. The number of rotatable bonds is 7. The van der Waals surface area contributed by atoms with E-state index >= 15 is 0 Å². The monoisotopic (exact) mass is 574 g/mol. The Hall–Kier alpha value is -3.88. The predicted octanol–water partition coefficient (Wildman–Crippen LogP) is 7.02. The molecular weight excluding hydrogens is 547 g/mol. The highest BCUT2D eigenvalue weighted by Crippen LogP contribution is 2.45. The summed E-state index contributed by atoms with van der Waals surface area (Å²) >= 11 is 7.62. The van der Waals surface area contributed by atoms with Crippen molar-refractivity contribution in [3.8, 4) is 0 Å². The Labute approximate surface area is 242 Å². The fourth-order valence-corrected chi connectivity index (χ4v) is 5.88. The van der Waals surface area contributed by atoms with E-state index in [1.165, 1.54) is 23.9 Å². The number of benzene rings is 3. The van der Waals surface area contributed by atoms with Crippen molar-refractivity contribution < 1.29 is 14.0 Å². The van der Waals surface area contributed by atoms with E-state index in [9.17, 15) is 14.0 Å². The lowest BCUT2D eigenvalue weighted by Gasteiger charge is -2.36. The number of amides is 2. The highest BCUT2D eigenvalue weighted by atomic mass is 35.5. The Morgan fingerprint density at radius 3 is 2.45 bits per heavy atom. The number of nitrogens with one attached hydrogen (secondary N) is 2. The Bertz CT molecular complexity index is 1570. The summed E-state index contributed by atoms with van der Waals surface area (Å²) in [7, 11) is 0. The van der Waals surface area contributed by atoms with Crippen LogP contribution in [0.3, 0.4) is 0 Å². The zero-order valence-corrected chi connectivity index (χ0v) is 23.9. The minimum Gasteiger partial charge on any atom is -0.352 e. The lowest BCUT2D eigenvalue weighted by atomic mass is 9.93. The van der Waals surface area contributed by atoms with Gasteiger partial charge in [-0.3, -0.25) is 9.59 Å². The molecule has 0 aliphatic carbocycles. The molecule has 1 unspecified atom stereocenters. The second-order valence-electron chi connectivity index (χ2n) is 9.80. The van der Waals surface area contributed by atoms with Gasteiger partial charge in [-0.25, -0.2) is 9.38 Å². The first kappa shape index (κ1) is 27.7. The van der Waals surface area contributed by atoms with Crippen molar-refractivity contribution in [1.82, 2.24) is 10.2 Å². The van der Waals surface area contributed by atoms with Crippen LogP contribution in [0.5, 0.6) is 0 Å². The van der Waals surface area contributed by atoms with Crippen molar-refractivity contribution in [3.63, 3.8) is 0 Å². The van der Waals surface area contributed by atoms with Crippen LogP contribution in [0.4, 0.5) is 10.1 Å². The zero-order valence-electron chi connectivity index (χ0n) is 22.3. The van der Waals surface area contributed by atoms with Gasteiger partial charge < -0.3 is 15.5 Å². The minimum atomic E-state index is -0.512. The maximum absolute atomic E-state index is 13.8.